The second-order valence-electron chi connectivity index (χ2n) is 4.03. The number of sulfone groups is 1. The molecule has 2 aromatic rings. The second-order valence-corrected chi connectivity index (χ2v) is 5.99. The lowest BCUT2D eigenvalue weighted by atomic mass is 10.2. The van der Waals surface area contributed by atoms with Crippen molar-refractivity contribution in [2.45, 2.75) is 17.6 Å². The normalized spacial score (nSPS) is 11.6. The number of aromatic nitrogens is 2. The van der Waals surface area contributed by atoms with Crippen molar-refractivity contribution in [2.24, 2.45) is 0 Å². The summed E-state index contributed by atoms with van der Waals surface area (Å²) < 4.78 is 55.8. The molecule has 10 heteroatoms. The Morgan fingerprint density at radius 2 is 2.05 bits per heavy atom. The van der Waals surface area contributed by atoms with E-state index in [1.165, 1.54) is 6.92 Å². The molecule has 0 saturated carbocycles. The lowest BCUT2D eigenvalue weighted by Gasteiger charge is -2.06. The van der Waals surface area contributed by atoms with Gasteiger partial charge in [-0.15, -0.1) is 0 Å². The molecule has 0 fully saturated rings. The Bertz CT molecular complexity index is 816. The van der Waals surface area contributed by atoms with Gasteiger partial charge < -0.3 is 9.63 Å². The van der Waals surface area contributed by atoms with Gasteiger partial charge in [0.05, 0.1) is 0 Å². The summed E-state index contributed by atoms with van der Waals surface area (Å²) in [6.45, 7) is 1.43. The summed E-state index contributed by atoms with van der Waals surface area (Å²) in [6, 6.07) is 1.22. The van der Waals surface area contributed by atoms with Gasteiger partial charge in [0.1, 0.15) is 22.0 Å². The molecular weight excluding hydrogens is 310 g/mol. The zero-order valence-corrected chi connectivity index (χ0v) is 11.3. The maximum atomic E-state index is 13.9. The number of carbonyl (C=O) groups is 1. The fourth-order valence-corrected chi connectivity index (χ4v) is 2.88. The zero-order valence-electron chi connectivity index (χ0n) is 10.5. The number of aromatic carboxylic acids is 1. The number of rotatable bonds is 4. The lowest BCUT2D eigenvalue weighted by Crippen LogP contribution is -2.13. The van der Waals surface area contributed by atoms with Crippen LogP contribution in [0.1, 0.15) is 22.1 Å². The van der Waals surface area contributed by atoms with E-state index in [9.17, 15) is 22.0 Å². The van der Waals surface area contributed by atoms with Crippen LogP contribution < -0.4 is 0 Å². The van der Waals surface area contributed by atoms with Gasteiger partial charge in [0.2, 0.25) is 5.89 Å². The van der Waals surface area contributed by atoms with Gasteiger partial charge in [0, 0.05) is 6.92 Å². The van der Waals surface area contributed by atoms with Gasteiger partial charge in [-0.05, 0) is 12.1 Å². The van der Waals surface area contributed by atoms with Crippen LogP contribution in [-0.4, -0.2) is 29.6 Å². The Morgan fingerprint density at radius 3 is 2.57 bits per heavy atom. The molecule has 7 nitrogen and oxygen atoms in total. The van der Waals surface area contributed by atoms with Crippen LogP contribution in [0.15, 0.2) is 21.6 Å². The Hall–Kier alpha value is -2.36. The largest absolute Gasteiger partial charge is 0.477 e. The van der Waals surface area contributed by atoms with E-state index in [2.05, 4.69) is 14.7 Å². The molecule has 0 unspecified atom stereocenters. The van der Waals surface area contributed by atoms with Crippen molar-refractivity contribution in [3.8, 4) is 0 Å². The maximum Gasteiger partial charge on any atom is 0.341 e. The van der Waals surface area contributed by atoms with E-state index in [0.717, 1.165) is 0 Å². The standard InChI is InChI=1S/C11H8F2N2O5S/c1-5-14-8(15-20-5)4-21(18,19)7-3-2-6(12)9(10(7)13)11(16)17/h2-3H,4H2,1H3,(H,16,17). The summed E-state index contributed by atoms with van der Waals surface area (Å²) in [5.74, 6) is -5.83. The fraction of sp³-hybridized carbons (Fsp3) is 0.182. The zero-order chi connectivity index (χ0) is 15.8. The third-order valence-electron chi connectivity index (χ3n) is 2.49. The summed E-state index contributed by atoms with van der Waals surface area (Å²) in [7, 11) is -4.29. The SMILES string of the molecule is Cc1nc(CS(=O)(=O)c2ccc(F)c(C(=O)O)c2F)no1. The van der Waals surface area contributed by atoms with Gasteiger partial charge in [-0.3, -0.25) is 0 Å². The van der Waals surface area contributed by atoms with Crippen LogP contribution >= 0.6 is 0 Å². The molecule has 0 saturated heterocycles. The highest BCUT2D eigenvalue weighted by molar-refractivity contribution is 7.90. The summed E-state index contributed by atoms with van der Waals surface area (Å²) in [6.07, 6.45) is 0. The number of aryl methyl sites for hydroxylation is 1. The molecule has 0 amide bonds. The molecule has 0 atom stereocenters. The van der Waals surface area contributed by atoms with Crippen molar-refractivity contribution >= 4 is 15.8 Å². The Labute approximate surface area is 117 Å². The average molecular weight is 318 g/mol. The molecule has 1 heterocycles. The first kappa shape index (κ1) is 15.0. The third kappa shape index (κ3) is 2.89. The molecular formula is C11H8F2N2O5S. The number of halogens is 2. The molecule has 21 heavy (non-hydrogen) atoms. The van der Waals surface area contributed by atoms with Crippen LogP contribution in [0.3, 0.4) is 0 Å². The highest BCUT2D eigenvalue weighted by atomic mass is 32.2. The number of hydrogen-bond acceptors (Lipinski definition) is 6. The second kappa shape index (κ2) is 5.20. The topological polar surface area (TPSA) is 110 Å². The molecule has 0 radical (unpaired) electrons. The minimum absolute atomic E-state index is 0.117. The van der Waals surface area contributed by atoms with Crippen molar-refractivity contribution < 1.29 is 31.6 Å². The number of nitrogens with zero attached hydrogens (tertiary/aromatic N) is 2. The molecule has 1 aromatic carbocycles. The number of carboxylic acid groups (broad SMARTS) is 1. The van der Waals surface area contributed by atoms with Gasteiger partial charge in [-0.1, -0.05) is 5.16 Å². The first-order chi connectivity index (χ1) is 9.72. The van der Waals surface area contributed by atoms with Crippen molar-refractivity contribution in [2.75, 3.05) is 0 Å². The predicted octanol–water partition coefficient (Wildman–Crippen LogP) is 1.33. The van der Waals surface area contributed by atoms with E-state index in [4.69, 9.17) is 5.11 Å². The van der Waals surface area contributed by atoms with Crippen LogP contribution in [0.25, 0.3) is 0 Å². The predicted molar refractivity (Wildman–Crippen MR) is 63.2 cm³/mol. The summed E-state index contributed by atoms with van der Waals surface area (Å²) in [5.41, 5.74) is -1.33. The van der Waals surface area contributed by atoms with Gasteiger partial charge in [-0.2, -0.15) is 4.98 Å². The van der Waals surface area contributed by atoms with Crippen molar-refractivity contribution in [1.82, 2.24) is 10.1 Å². The molecule has 0 spiro atoms. The fourth-order valence-electron chi connectivity index (χ4n) is 1.62. The van der Waals surface area contributed by atoms with Gasteiger partial charge in [0.15, 0.2) is 21.5 Å². The molecule has 0 bridgehead atoms. The number of carboxylic acids is 1. The Kier molecular flexibility index (Phi) is 3.73. The average Bonchev–Trinajstić information content (AvgIpc) is 2.72. The van der Waals surface area contributed by atoms with Crippen LogP contribution in [0.5, 0.6) is 0 Å². The molecule has 2 rings (SSSR count). The quantitative estimate of drug-likeness (QED) is 0.846. The van der Waals surface area contributed by atoms with Crippen molar-refractivity contribution in [1.29, 1.82) is 0 Å². The van der Waals surface area contributed by atoms with Gasteiger partial charge in [-0.25, -0.2) is 22.0 Å². The molecule has 0 aliphatic carbocycles. The van der Waals surface area contributed by atoms with E-state index in [0.29, 0.717) is 12.1 Å². The van der Waals surface area contributed by atoms with E-state index in [-0.39, 0.29) is 11.7 Å². The monoisotopic (exact) mass is 318 g/mol. The highest BCUT2D eigenvalue weighted by Gasteiger charge is 2.28. The van der Waals surface area contributed by atoms with E-state index in [1.54, 1.807) is 0 Å². The van der Waals surface area contributed by atoms with E-state index < -0.39 is 43.7 Å². The smallest absolute Gasteiger partial charge is 0.341 e. The molecule has 0 aliphatic heterocycles. The molecule has 1 N–H and O–H groups in total. The number of benzene rings is 1. The number of hydrogen-bond donors (Lipinski definition) is 1. The first-order valence-electron chi connectivity index (χ1n) is 5.45. The van der Waals surface area contributed by atoms with Crippen molar-refractivity contribution in [3.63, 3.8) is 0 Å². The van der Waals surface area contributed by atoms with Gasteiger partial charge in [0.25, 0.3) is 0 Å². The summed E-state index contributed by atoms with van der Waals surface area (Å²) in [5, 5.41) is 12.1. The molecule has 0 aliphatic rings. The lowest BCUT2D eigenvalue weighted by molar-refractivity contribution is 0.0685. The summed E-state index contributed by atoms with van der Waals surface area (Å²) >= 11 is 0. The highest BCUT2D eigenvalue weighted by Crippen LogP contribution is 2.23. The van der Waals surface area contributed by atoms with E-state index >= 15 is 0 Å². The Balaban J connectivity index is 2.50. The van der Waals surface area contributed by atoms with Crippen molar-refractivity contribution in [3.05, 3.63) is 41.0 Å². The van der Waals surface area contributed by atoms with Crippen LogP contribution in [0.2, 0.25) is 0 Å². The van der Waals surface area contributed by atoms with Crippen LogP contribution in [0, 0.1) is 18.6 Å². The molecule has 1 aromatic heterocycles. The van der Waals surface area contributed by atoms with E-state index in [1.807, 2.05) is 0 Å². The summed E-state index contributed by atoms with van der Waals surface area (Å²) in [4.78, 5) is 13.5. The van der Waals surface area contributed by atoms with Crippen LogP contribution in [0.4, 0.5) is 8.78 Å². The van der Waals surface area contributed by atoms with Crippen LogP contribution in [-0.2, 0) is 15.6 Å². The Morgan fingerprint density at radius 1 is 1.38 bits per heavy atom. The minimum atomic E-state index is -4.29. The first-order valence-corrected chi connectivity index (χ1v) is 7.11. The van der Waals surface area contributed by atoms with Gasteiger partial charge >= 0.3 is 5.97 Å². The third-order valence-corrected chi connectivity index (χ3v) is 4.12. The molecule has 112 valence electrons. The minimum Gasteiger partial charge on any atom is -0.477 e. The maximum absolute atomic E-state index is 13.9.